The second kappa shape index (κ2) is 6.63. The lowest BCUT2D eigenvalue weighted by Crippen LogP contribution is -2.44. The maximum absolute atomic E-state index is 12.6. The number of hydrogen-bond donors (Lipinski definition) is 1. The molecule has 1 spiro atoms. The Bertz CT molecular complexity index is 804. The number of likely N-dealkylation sites (tertiary alicyclic amines) is 1. The van der Waals surface area contributed by atoms with Gasteiger partial charge in [0.2, 0.25) is 5.91 Å². The summed E-state index contributed by atoms with van der Waals surface area (Å²) in [6.45, 7) is 1.48. The van der Waals surface area contributed by atoms with Crippen LogP contribution in [0.15, 0.2) is 47.3 Å². The first-order valence-corrected chi connectivity index (χ1v) is 9.24. The van der Waals surface area contributed by atoms with Crippen LogP contribution in [0.4, 0.5) is 0 Å². The predicted octanol–water partition coefficient (Wildman–Crippen LogP) is 3.08. The molecule has 1 aromatic heterocycles. The quantitative estimate of drug-likeness (QED) is 0.923. The van der Waals surface area contributed by atoms with Gasteiger partial charge in [-0.15, -0.1) is 0 Å². The van der Waals surface area contributed by atoms with E-state index in [1.165, 1.54) is 23.7 Å². The Morgan fingerprint density at radius 3 is 2.69 bits per heavy atom. The molecule has 1 aromatic carbocycles. The van der Waals surface area contributed by atoms with Crippen LogP contribution in [-0.4, -0.2) is 36.9 Å². The summed E-state index contributed by atoms with van der Waals surface area (Å²) < 4.78 is 5.04. The molecule has 1 atom stereocenters. The molecule has 26 heavy (non-hydrogen) atoms. The number of hydrogen-bond acceptors (Lipinski definition) is 3. The molecule has 0 radical (unpaired) electrons. The molecule has 5 heteroatoms. The zero-order valence-corrected chi connectivity index (χ0v) is 15.0. The molecule has 2 aromatic rings. The van der Waals surface area contributed by atoms with Crippen LogP contribution in [0.2, 0.25) is 0 Å². The Kier molecular flexibility index (Phi) is 4.31. The van der Waals surface area contributed by atoms with E-state index in [1.807, 2.05) is 4.90 Å². The second-order valence-corrected chi connectivity index (χ2v) is 7.45. The Labute approximate surface area is 153 Å². The lowest BCUT2D eigenvalue weighted by atomic mass is 9.73. The van der Waals surface area contributed by atoms with Gasteiger partial charge in [0.25, 0.3) is 5.91 Å². The molecular weight excluding hydrogens is 328 g/mol. The van der Waals surface area contributed by atoms with E-state index in [0.717, 1.165) is 32.4 Å². The summed E-state index contributed by atoms with van der Waals surface area (Å²) in [5.74, 6) is 0.401. The Morgan fingerprint density at radius 2 is 2.00 bits per heavy atom. The molecule has 0 bridgehead atoms. The summed E-state index contributed by atoms with van der Waals surface area (Å²) in [5, 5.41) is 2.75. The molecule has 1 aliphatic heterocycles. The summed E-state index contributed by atoms with van der Waals surface area (Å²) in [4.78, 5) is 26.4. The SMILES string of the molecule is CNC(=O)C[C@H]1CC2(CCN(C(=O)c3ccoc3)CC2)c2ccccc21. The zero-order chi connectivity index (χ0) is 18.1. The van der Waals surface area contributed by atoms with E-state index in [4.69, 9.17) is 4.42 Å². The molecule has 1 saturated heterocycles. The van der Waals surface area contributed by atoms with Crippen LogP contribution in [0.3, 0.4) is 0 Å². The maximum Gasteiger partial charge on any atom is 0.257 e. The highest BCUT2D eigenvalue weighted by Crippen LogP contribution is 2.52. The summed E-state index contributed by atoms with van der Waals surface area (Å²) >= 11 is 0. The van der Waals surface area contributed by atoms with Gasteiger partial charge in [0, 0.05) is 26.6 Å². The van der Waals surface area contributed by atoms with Crippen molar-refractivity contribution in [2.24, 2.45) is 0 Å². The molecule has 1 N–H and O–H groups in total. The summed E-state index contributed by atoms with van der Waals surface area (Å²) in [6, 6.07) is 10.3. The minimum atomic E-state index is 0.0433. The zero-order valence-electron chi connectivity index (χ0n) is 15.0. The Balaban J connectivity index is 1.53. The van der Waals surface area contributed by atoms with Gasteiger partial charge in [0.05, 0.1) is 11.8 Å². The molecular formula is C21H24N2O3. The van der Waals surface area contributed by atoms with E-state index in [-0.39, 0.29) is 23.1 Å². The summed E-state index contributed by atoms with van der Waals surface area (Å²) in [6.07, 6.45) is 6.46. The topological polar surface area (TPSA) is 62.6 Å². The first-order chi connectivity index (χ1) is 12.6. The van der Waals surface area contributed by atoms with Gasteiger partial charge in [0.1, 0.15) is 6.26 Å². The Hall–Kier alpha value is -2.56. The highest BCUT2D eigenvalue weighted by atomic mass is 16.3. The van der Waals surface area contributed by atoms with E-state index < -0.39 is 0 Å². The average Bonchev–Trinajstić information content (AvgIpc) is 3.30. The number of nitrogens with zero attached hydrogens (tertiary/aromatic N) is 1. The largest absolute Gasteiger partial charge is 0.472 e. The smallest absolute Gasteiger partial charge is 0.257 e. The summed E-state index contributed by atoms with van der Waals surface area (Å²) in [5.41, 5.74) is 3.39. The van der Waals surface area contributed by atoms with Crippen molar-refractivity contribution >= 4 is 11.8 Å². The van der Waals surface area contributed by atoms with Crippen LogP contribution < -0.4 is 5.32 Å². The number of furan rings is 1. The molecule has 2 heterocycles. The van der Waals surface area contributed by atoms with Crippen molar-refractivity contribution in [2.45, 2.75) is 37.0 Å². The van der Waals surface area contributed by atoms with Crippen LogP contribution >= 0.6 is 0 Å². The molecule has 2 amide bonds. The number of carbonyl (C=O) groups excluding carboxylic acids is 2. The number of amides is 2. The van der Waals surface area contributed by atoms with Crippen molar-refractivity contribution in [3.8, 4) is 0 Å². The van der Waals surface area contributed by atoms with Crippen molar-refractivity contribution in [3.05, 3.63) is 59.5 Å². The fraction of sp³-hybridized carbons (Fsp3) is 0.429. The first kappa shape index (κ1) is 16.9. The number of piperidine rings is 1. The van der Waals surface area contributed by atoms with Crippen molar-refractivity contribution in [2.75, 3.05) is 20.1 Å². The van der Waals surface area contributed by atoms with Gasteiger partial charge in [-0.2, -0.15) is 0 Å². The minimum absolute atomic E-state index is 0.0433. The number of rotatable bonds is 3. The molecule has 0 saturated carbocycles. The minimum Gasteiger partial charge on any atom is -0.472 e. The lowest BCUT2D eigenvalue weighted by Gasteiger charge is -2.40. The van der Waals surface area contributed by atoms with Gasteiger partial charge >= 0.3 is 0 Å². The van der Waals surface area contributed by atoms with Crippen molar-refractivity contribution in [1.29, 1.82) is 0 Å². The van der Waals surface area contributed by atoms with Gasteiger partial charge in [-0.25, -0.2) is 0 Å². The average molecular weight is 352 g/mol. The molecule has 1 aliphatic carbocycles. The van der Waals surface area contributed by atoms with Crippen molar-refractivity contribution in [3.63, 3.8) is 0 Å². The van der Waals surface area contributed by atoms with Gasteiger partial charge in [0.15, 0.2) is 0 Å². The third kappa shape index (κ3) is 2.81. The van der Waals surface area contributed by atoms with E-state index in [0.29, 0.717) is 12.0 Å². The van der Waals surface area contributed by atoms with Gasteiger partial charge in [-0.3, -0.25) is 9.59 Å². The molecule has 136 valence electrons. The molecule has 4 rings (SSSR count). The van der Waals surface area contributed by atoms with E-state index in [1.54, 1.807) is 13.1 Å². The standard InChI is InChI=1S/C21H24N2O3/c1-22-19(24)12-16-13-21(18-5-3-2-4-17(16)18)7-9-23(10-8-21)20(25)15-6-11-26-14-15/h2-6,11,14,16H,7-10,12-13H2,1H3,(H,22,24)/t16-/m0/s1. The van der Waals surface area contributed by atoms with E-state index in [2.05, 4.69) is 29.6 Å². The molecule has 2 aliphatic rings. The van der Waals surface area contributed by atoms with Crippen LogP contribution in [0.25, 0.3) is 0 Å². The highest BCUT2D eigenvalue weighted by molar-refractivity contribution is 5.93. The summed E-state index contributed by atoms with van der Waals surface area (Å²) in [7, 11) is 1.69. The molecule has 1 fully saturated rings. The second-order valence-electron chi connectivity index (χ2n) is 7.45. The van der Waals surface area contributed by atoms with Crippen molar-refractivity contribution in [1.82, 2.24) is 10.2 Å². The van der Waals surface area contributed by atoms with Crippen LogP contribution in [-0.2, 0) is 10.2 Å². The number of fused-ring (bicyclic) bond motifs is 2. The third-order valence-corrected chi connectivity index (χ3v) is 6.10. The predicted molar refractivity (Wildman–Crippen MR) is 98.0 cm³/mol. The maximum atomic E-state index is 12.6. The molecule has 5 nitrogen and oxygen atoms in total. The Morgan fingerprint density at radius 1 is 1.23 bits per heavy atom. The normalized spacial score (nSPS) is 20.8. The van der Waals surface area contributed by atoms with E-state index in [9.17, 15) is 9.59 Å². The van der Waals surface area contributed by atoms with E-state index >= 15 is 0 Å². The fourth-order valence-electron chi connectivity index (χ4n) is 4.72. The molecule has 0 unspecified atom stereocenters. The van der Waals surface area contributed by atoms with Crippen LogP contribution in [0.5, 0.6) is 0 Å². The highest BCUT2D eigenvalue weighted by Gasteiger charge is 2.46. The lowest BCUT2D eigenvalue weighted by molar-refractivity contribution is -0.121. The van der Waals surface area contributed by atoms with Crippen LogP contribution in [0.1, 0.15) is 53.1 Å². The fourth-order valence-corrected chi connectivity index (χ4v) is 4.72. The van der Waals surface area contributed by atoms with Gasteiger partial charge in [-0.1, -0.05) is 24.3 Å². The first-order valence-electron chi connectivity index (χ1n) is 9.24. The van der Waals surface area contributed by atoms with Crippen molar-refractivity contribution < 1.29 is 14.0 Å². The van der Waals surface area contributed by atoms with Gasteiger partial charge < -0.3 is 14.6 Å². The number of carbonyl (C=O) groups is 2. The monoisotopic (exact) mass is 352 g/mol. The van der Waals surface area contributed by atoms with Gasteiger partial charge in [-0.05, 0) is 47.8 Å². The number of benzene rings is 1. The van der Waals surface area contributed by atoms with Crippen LogP contribution in [0, 0.1) is 0 Å². The third-order valence-electron chi connectivity index (χ3n) is 6.10. The number of nitrogens with one attached hydrogen (secondary N) is 1.